The van der Waals surface area contributed by atoms with Gasteiger partial charge < -0.3 is 27.6 Å². The zero-order chi connectivity index (χ0) is 26.5. The first-order valence-corrected chi connectivity index (χ1v) is 16.0. The SMILES string of the molecule is CCOC(=O)C(C(C1CCCCC1)C(C(=O)OCC)P(=O)(OCC)OCC)P(=O)(OCC)OCC. The van der Waals surface area contributed by atoms with Crippen molar-refractivity contribution < 1.29 is 46.3 Å². The summed E-state index contributed by atoms with van der Waals surface area (Å²) in [5.41, 5.74) is -3.01. The number of hydrogen-bond donors (Lipinski definition) is 0. The Morgan fingerprint density at radius 3 is 1.26 bits per heavy atom. The summed E-state index contributed by atoms with van der Waals surface area (Å²) >= 11 is 0. The Morgan fingerprint density at radius 1 is 0.629 bits per heavy atom. The summed E-state index contributed by atoms with van der Waals surface area (Å²) in [7, 11) is -8.35. The average Bonchev–Trinajstić information content (AvgIpc) is 2.80. The third-order valence-corrected chi connectivity index (χ3v) is 10.8. The van der Waals surface area contributed by atoms with Crippen molar-refractivity contribution in [2.75, 3.05) is 39.6 Å². The van der Waals surface area contributed by atoms with E-state index in [0.717, 1.165) is 19.3 Å². The molecule has 2 atom stereocenters. The summed E-state index contributed by atoms with van der Waals surface area (Å²) < 4.78 is 61.4. The van der Waals surface area contributed by atoms with E-state index in [-0.39, 0.29) is 45.6 Å². The number of carbonyl (C=O) groups excluding carboxylic acids is 2. The Hall–Kier alpha value is -0.760. The molecule has 0 N–H and O–H groups in total. The maximum absolute atomic E-state index is 14.2. The lowest BCUT2D eigenvalue weighted by Gasteiger charge is -2.41. The highest BCUT2D eigenvalue weighted by Crippen LogP contribution is 2.65. The van der Waals surface area contributed by atoms with Crippen molar-refractivity contribution in [1.82, 2.24) is 0 Å². The third kappa shape index (κ3) is 8.65. The number of ether oxygens (including phenoxy) is 2. The van der Waals surface area contributed by atoms with Gasteiger partial charge in [0, 0.05) is 5.92 Å². The maximum atomic E-state index is 14.2. The van der Waals surface area contributed by atoms with Gasteiger partial charge in [-0.2, -0.15) is 0 Å². The van der Waals surface area contributed by atoms with E-state index in [2.05, 4.69) is 0 Å². The van der Waals surface area contributed by atoms with E-state index < -0.39 is 44.4 Å². The van der Waals surface area contributed by atoms with Gasteiger partial charge in [0.25, 0.3) is 0 Å². The first-order valence-electron chi connectivity index (χ1n) is 12.8. The molecule has 2 unspecified atom stereocenters. The molecule has 0 spiro atoms. The second-order valence-electron chi connectivity index (χ2n) is 8.12. The topological polar surface area (TPSA) is 124 Å². The van der Waals surface area contributed by atoms with Gasteiger partial charge in [-0.1, -0.05) is 32.1 Å². The van der Waals surface area contributed by atoms with Crippen LogP contribution in [0.15, 0.2) is 0 Å². The van der Waals surface area contributed by atoms with Gasteiger partial charge in [0.05, 0.1) is 39.6 Å². The molecule has 0 aromatic rings. The molecule has 12 heteroatoms. The average molecular weight is 543 g/mol. The lowest BCUT2D eigenvalue weighted by Crippen LogP contribution is -2.48. The summed E-state index contributed by atoms with van der Waals surface area (Å²) in [5, 5.41) is 0. The molecule has 0 aliphatic heterocycles. The molecule has 0 saturated heterocycles. The van der Waals surface area contributed by atoms with E-state index in [9.17, 15) is 18.7 Å². The number of esters is 2. The Balaban J connectivity index is 3.92. The molecule has 206 valence electrons. The third-order valence-electron chi connectivity index (χ3n) is 5.90. The Morgan fingerprint density at radius 2 is 0.971 bits per heavy atom. The van der Waals surface area contributed by atoms with Crippen LogP contribution < -0.4 is 0 Å². The van der Waals surface area contributed by atoms with Crippen molar-refractivity contribution in [2.45, 2.75) is 85.0 Å². The molecule has 0 heterocycles. The Kier molecular flexibility index (Phi) is 14.9. The lowest BCUT2D eigenvalue weighted by atomic mass is 9.76. The first kappa shape index (κ1) is 32.3. The van der Waals surface area contributed by atoms with Crippen molar-refractivity contribution in [3.05, 3.63) is 0 Å². The molecule has 10 nitrogen and oxygen atoms in total. The number of carbonyl (C=O) groups is 2. The largest absolute Gasteiger partial charge is 0.465 e. The summed E-state index contributed by atoms with van der Waals surface area (Å²) in [6.07, 6.45) is 3.93. The zero-order valence-electron chi connectivity index (χ0n) is 22.1. The van der Waals surface area contributed by atoms with Crippen LogP contribution >= 0.6 is 15.2 Å². The van der Waals surface area contributed by atoms with Crippen LogP contribution in [0.5, 0.6) is 0 Å². The van der Waals surface area contributed by atoms with Crippen LogP contribution in [0.4, 0.5) is 0 Å². The highest BCUT2D eigenvalue weighted by Gasteiger charge is 2.60. The maximum Gasteiger partial charge on any atom is 0.345 e. The summed E-state index contributed by atoms with van der Waals surface area (Å²) in [6, 6.07) is 0. The van der Waals surface area contributed by atoms with E-state index in [4.69, 9.17) is 27.6 Å². The van der Waals surface area contributed by atoms with E-state index in [1.165, 1.54) is 0 Å². The van der Waals surface area contributed by atoms with Gasteiger partial charge in [-0.05, 0) is 47.5 Å². The normalized spacial score (nSPS) is 18.0. The van der Waals surface area contributed by atoms with Crippen molar-refractivity contribution in [2.24, 2.45) is 11.8 Å². The van der Waals surface area contributed by atoms with Crippen LogP contribution in [0, 0.1) is 11.8 Å². The van der Waals surface area contributed by atoms with Gasteiger partial charge in [-0.3, -0.25) is 18.7 Å². The highest BCUT2D eigenvalue weighted by molar-refractivity contribution is 7.57. The summed E-state index contributed by atoms with van der Waals surface area (Å²) in [5.74, 6) is -3.04. The fraction of sp³-hybridized carbons (Fsp3) is 0.913. The molecule has 1 aliphatic rings. The molecular formula is C23H44O10P2. The number of rotatable bonds is 17. The molecule has 35 heavy (non-hydrogen) atoms. The van der Waals surface area contributed by atoms with Crippen molar-refractivity contribution in [3.63, 3.8) is 0 Å². The highest BCUT2D eigenvalue weighted by atomic mass is 31.2. The van der Waals surface area contributed by atoms with E-state index >= 15 is 0 Å². The molecule has 1 fully saturated rings. The first-order chi connectivity index (χ1) is 16.7. The fourth-order valence-electron chi connectivity index (χ4n) is 4.77. The predicted octanol–water partition coefficient (Wildman–Crippen LogP) is 5.58. The molecule has 1 rings (SSSR count). The number of hydrogen-bond acceptors (Lipinski definition) is 10. The van der Waals surface area contributed by atoms with Crippen molar-refractivity contribution in [3.8, 4) is 0 Å². The standard InChI is InChI=1S/C23H44O10P2/c1-7-28-22(24)20(34(26,30-9-3)31-10-4)19(18-16-14-13-15-17-18)21(23(25)29-8-2)35(27,32-11-5)33-12-6/h18-21H,7-17H2,1-6H3. The summed E-state index contributed by atoms with van der Waals surface area (Å²) in [6.45, 7) is 9.85. The van der Waals surface area contributed by atoms with Crippen LogP contribution in [0.2, 0.25) is 0 Å². The van der Waals surface area contributed by atoms with Crippen LogP contribution in [-0.2, 0) is 46.3 Å². The molecule has 0 bridgehead atoms. The molecule has 0 aromatic carbocycles. The molecule has 0 radical (unpaired) electrons. The van der Waals surface area contributed by atoms with Crippen LogP contribution in [0.25, 0.3) is 0 Å². The lowest BCUT2D eigenvalue weighted by molar-refractivity contribution is -0.148. The van der Waals surface area contributed by atoms with Crippen LogP contribution in [-0.4, -0.2) is 62.9 Å². The van der Waals surface area contributed by atoms with Gasteiger partial charge in [0.1, 0.15) is 0 Å². The second-order valence-corrected chi connectivity index (χ2v) is 12.4. The smallest absolute Gasteiger partial charge is 0.345 e. The molecular weight excluding hydrogens is 498 g/mol. The van der Waals surface area contributed by atoms with Crippen LogP contribution in [0.3, 0.4) is 0 Å². The minimum Gasteiger partial charge on any atom is -0.465 e. The molecule has 1 aliphatic carbocycles. The minimum atomic E-state index is -4.17. The van der Waals surface area contributed by atoms with Gasteiger partial charge in [-0.15, -0.1) is 0 Å². The van der Waals surface area contributed by atoms with Gasteiger partial charge in [-0.25, -0.2) is 0 Å². The molecule has 0 amide bonds. The molecule has 0 aromatic heterocycles. The monoisotopic (exact) mass is 542 g/mol. The zero-order valence-corrected chi connectivity index (χ0v) is 23.9. The minimum absolute atomic E-state index is 0.00320. The van der Waals surface area contributed by atoms with Crippen molar-refractivity contribution >= 4 is 27.1 Å². The van der Waals surface area contributed by atoms with Gasteiger partial charge >= 0.3 is 27.1 Å². The van der Waals surface area contributed by atoms with Crippen molar-refractivity contribution in [1.29, 1.82) is 0 Å². The van der Waals surface area contributed by atoms with E-state index in [0.29, 0.717) is 12.8 Å². The van der Waals surface area contributed by atoms with Crippen LogP contribution in [0.1, 0.15) is 73.6 Å². The summed E-state index contributed by atoms with van der Waals surface area (Å²) in [4.78, 5) is 26.9. The van der Waals surface area contributed by atoms with E-state index in [1.54, 1.807) is 41.5 Å². The molecule has 1 saturated carbocycles. The van der Waals surface area contributed by atoms with E-state index in [1.807, 2.05) is 0 Å². The predicted molar refractivity (Wildman–Crippen MR) is 133 cm³/mol. The Bertz CT molecular complexity index is 666. The fourth-order valence-corrected chi connectivity index (χ4v) is 9.48. The Labute approximate surface area is 210 Å². The quantitative estimate of drug-likeness (QED) is 0.170. The van der Waals surface area contributed by atoms with Gasteiger partial charge in [0.15, 0.2) is 11.3 Å². The van der Waals surface area contributed by atoms with Gasteiger partial charge in [0.2, 0.25) is 0 Å². The second kappa shape index (κ2) is 16.2.